The molecule has 0 aliphatic rings. The Bertz CT molecular complexity index is 874. The molecule has 0 saturated carbocycles. The van der Waals surface area contributed by atoms with Gasteiger partial charge in [0.15, 0.2) is 0 Å². The fraction of sp³-hybridized carbons (Fsp3) is 0.368. The second-order valence-electron chi connectivity index (χ2n) is 6.35. The summed E-state index contributed by atoms with van der Waals surface area (Å²) in [5.41, 5.74) is 2.01. The third kappa shape index (κ3) is 4.72. The fourth-order valence-electron chi connectivity index (χ4n) is 2.71. The average Bonchev–Trinajstić information content (AvgIpc) is 3.34. The molecule has 3 aromatic rings. The van der Waals surface area contributed by atoms with E-state index in [-0.39, 0.29) is 12.1 Å². The van der Waals surface area contributed by atoms with Crippen LogP contribution in [0.25, 0.3) is 11.4 Å². The molecule has 2 heterocycles. The maximum absolute atomic E-state index is 12.5. The van der Waals surface area contributed by atoms with Gasteiger partial charge >= 0.3 is 6.03 Å². The molecule has 8 nitrogen and oxygen atoms in total. The molecular formula is C19H24N6O2. The lowest BCUT2D eigenvalue weighted by Gasteiger charge is -2.22. The third-order valence-corrected chi connectivity index (χ3v) is 4.26. The third-order valence-electron chi connectivity index (χ3n) is 4.26. The number of carbonyl (C=O) groups excluding carboxylic acids is 1. The Balaban J connectivity index is 1.60. The topological polar surface area (TPSA) is 89.1 Å². The van der Waals surface area contributed by atoms with Crippen molar-refractivity contribution in [2.45, 2.75) is 33.4 Å². The minimum Gasteiger partial charge on any atom is -0.337 e. The zero-order chi connectivity index (χ0) is 19.2. The van der Waals surface area contributed by atoms with Crippen LogP contribution in [0.3, 0.4) is 0 Å². The zero-order valence-electron chi connectivity index (χ0n) is 15.8. The SMILES string of the molecule is CCN(CCn1cccn1)C(=O)N[C@@H](C)c1nc(-c2cccc(C)c2)no1. The lowest BCUT2D eigenvalue weighted by atomic mass is 10.1. The molecule has 0 radical (unpaired) electrons. The van der Waals surface area contributed by atoms with Gasteiger partial charge in [-0.1, -0.05) is 28.9 Å². The van der Waals surface area contributed by atoms with E-state index in [9.17, 15) is 4.79 Å². The summed E-state index contributed by atoms with van der Waals surface area (Å²) < 4.78 is 7.14. The maximum atomic E-state index is 12.5. The summed E-state index contributed by atoms with van der Waals surface area (Å²) in [6, 6.07) is 9.18. The van der Waals surface area contributed by atoms with Gasteiger partial charge in [-0.05, 0) is 32.9 Å². The number of benzene rings is 1. The second-order valence-corrected chi connectivity index (χ2v) is 6.35. The van der Waals surface area contributed by atoms with Crippen LogP contribution in [0.5, 0.6) is 0 Å². The van der Waals surface area contributed by atoms with Gasteiger partial charge in [-0.2, -0.15) is 10.1 Å². The summed E-state index contributed by atoms with van der Waals surface area (Å²) in [4.78, 5) is 18.7. The number of carbonyl (C=O) groups is 1. The van der Waals surface area contributed by atoms with Crippen LogP contribution in [0.1, 0.15) is 31.3 Å². The van der Waals surface area contributed by atoms with Crippen LogP contribution >= 0.6 is 0 Å². The first-order valence-electron chi connectivity index (χ1n) is 9.00. The highest BCUT2D eigenvalue weighted by Gasteiger charge is 2.20. The molecule has 0 bridgehead atoms. The van der Waals surface area contributed by atoms with E-state index < -0.39 is 0 Å². The number of nitrogens with zero attached hydrogens (tertiary/aromatic N) is 5. The van der Waals surface area contributed by atoms with Gasteiger partial charge < -0.3 is 14.7 Å². The van der Waals surface area contributed by atoms with E-state index in [4.69, 9.17) is 4.52 Å². The van der Waals surface area contributed by atoms with E-state index in [2.05, 4.69) is 20.6 Å². The van der Waals surface area contributed by atoms with Crippen LogP contribution < -0.4 is 5.32 Å². The molecule has 2 aromatic heterocycles. The minimum atomic E-state index is -0.387. The van der Waals surface area contributed by atoms with Crippen molar-refractivity contribution in [2.24, 2.45) is 0 Å². The van der Waals surface area contributed by atoms with Crippen molar-refractivity contribution in [3.05, 3.63) is 54.2 Å². The van der Waals surface area contributed by atoms with E-state index in [0.29, 0.717) is 31.3 Å². The summed E-state index contributed by atoms with van der Waals surface area (Å²) in [5, 5.41) is 11.1. The van der Waals surface area contributed by atoms with Gasteiger partial charge in [0.05, 0.1) is 6.54 Å². The molecule has 3 rings (SSSR count). The van der Waals surface area contributed by atoms with Gasteiger partial charge in [0.1, 0.15) is 6.04 Å². The fourth-order valence-corrected chi connectivity index (χ4v) is 2.71. The number of amides is 2. The molecule has 0 saturated heterocycles. The number of hydrogen-bond donors (Lipinski definition) is 1. The molecule has 8 heteroatoms. The first-order chi connectivity index (χ1) is 13.1. The highest BCUT2D eigenvalue weighted by atomic mass is 16.5. The summed E-state index contributed by atoms with van der Waals surface area (Å²) in [5.74, 6) is 0.892. The van der Waals surface area contributed by atoms with Crippen LogP contribution in [-0.4, -0.2) is 43.9 Å². The minimum absolute atomic E-state index is 0.174. The van der Waals surface area contributed by atoms with Gasteiger partial charge in [0.2, 0.25) is 11.7 Å². The summed E-state index contributed by atoms with van der Waals surface area (Å²) in [6.45, 7) is 7.58. The van der Waals surface area contributed by atoms with Crippen molar-refractivity contribution >= 4 is 6.03 Å². The molecular weight excluding hydrogens is 344 g/mol. The van der Waals surface area contributed by atoms with E-state index in [0.717, 1.165) is 11.1 Å². The molecule has 27 heavy (non-hydrogen) atoms. The molecule has 0 aliphatic carbocycles. The molecule has 0 aliphatic heterocycles. The van der Waals surface area contributed by atoms with Crippen molar-refractivity contribution in [3.63, 3.8) is 0 Å². The molecule has 0 fully saturated rings. The van der Waals surface area contributed by atoms with Gasteiger partial charge in [-0.15, -0.1) is 0 Å². The van der Waals surface area contributed by atoms with Crippen LogP contribution in [0, 0.1) is 6.92 Å². The van der Waals surface area contributed by atoms with Gasteiger partial charge in [-0.25, -0.2) is 4.79 Å². The average molecular weight is 368 g/mol. The Morgan fingerprint density at radius 3 is 2.93 bits per heavy atom. The Hall–Kier alpha value is -3.16. The van der Waals surface area contributed by atoms with Crippen molar-refractivity contribution in [2.75, 3.05) is 13.1 Å². The summed E-state index contributed by atoms with van der Waals surface area (Å²) in [6.07, 6.45) is 3.60. The number of aryl methyl sites for hydroxylation is 1. The van der Waals surface area contributed by atoms with Crippen LogP contribution in [0.2, 0.25) is 0 Å². The normalized spacial score (nSPS) is 12.0. The molecule has 1 atom stereocenters. The highest BCUT2D eigenvalue weighted by Crippen LogP contribution is 2.19. The molecule has 2 amide bonds. The summed E-state index contributed by atoms with van der Waals surface area (Å²) >= 11 is 0. The smallest absolute Gasteiger partial charge is 0.318 e. The monoisotopic (exact) mass is 368 g/mol. The lowest BCUT2D eigenvalue weighted by Crippen LogP contribution is -2.42. The predicted octanol–water partition coefficient (Wildman–Crippen LogP) is 3.03. The Morgan fingerprint density at radius 1 is 1.37 bits per heavy atom. The molecule has 0 unspecified atom stereocenters. The van der Waals surface area contributed by atoms with E-state index >= 15 is 0 Å². The van der Waals surface area contributed by atoms with Crippen molar-refractivity contribution in [1.82, 2.24) is 30.1 Å². The summed E-state index contributed by atoms with van der Waals surface area (Å²) in [7, 11) is 0. The number of likely N-dealkylation sites (N-methyl/N-ethyl adjacent to an activating group) is 1. The number of nitrogens with one attached hydrogen (secondary N) is 1. The Labute approximate surface area is 158 Å². The molecule has 142 valence electrons. The Morgan fingerprint density at radius 2 is 2.22 bits per heavy atom. The first-order valence-corrected chi connectivity index (χ1v) is 9.00. The predicted molar refractivity (Wildman–Crippen MR) is 101 cm³/mol. The molecule has 1 N–H and O–H groups in total. The van der Waals surface area contributed by atoms with E-state index in [1.165, 1.54) is 0 Å². The van der Waals surface area contributed by atoms with Crippen molar-refractivity contribution < 1.29 is 9.32 Å². The Kier molecular flexibility index (Phi) is 5.85. The van der Waals surface area contributed by atoms with Gasteiger partial charge in [0, 0.05) is 31.0 Å². The van der Waals surface area contributed by atoms with E-state index in [1.807, 2.05) is 57.3 Å². The first kappa shape index (κ1) is 18.6. The molecule has 0 spiro atoms. The quantitative estimate of drug-likeness (QED) is 0.692. The highest BCUT2D eigenvalue weighted by molar-refractivity contribution is 5.74. The largest absolute Gasteiger partial charge is 0.337 e. The lowest BCUT2D eigenvalue weighted by molar-refractivity contribution is 0.191. The maximum Gasteiger partial charge on any atom is 0.318 e. The van der Waals surface area contributed by atoms with Crippen LogP contribution in [0.15, 0.2) is 47.2 Å². The zero-order valence-corrected chi connectivity index (χ0v) is 15.8. The number of urea groups is 1. The molecule has 1 aromatic carbocycles. The standard InChI is InChI=1S/C19H24N6O2/c1-4-24(11-12-25-10-6-9-20-25)19(26)21-15(3)18-22-17(23-27-18)16-8-5-7-14(2)13-16/h5-10,13,15H,4,11-12H2,1-3H3,(H,21,26)/t15-/m0/s1. The van der Waals surface area contributed by atoms with E-state index in [1.54, 1.807) is 15.8 Å². The van der Waals surface area contributed by atoms with Crippen LogP contribution in [-0.2, 0) is 6.54 Å². The van der Waals surface area contributed by atoms with Crippen molar-refractivity contribution in [1.29, 1.82) is 0 Å². The van der Waals surface area contributed by atoms with Gasteiger partial charge in [-0.3, -0.25) is 4.68 Å². The van der Waals surface area contributed by atoms with Gasteiger partial charge in [0.25, 0.3) is 0 Å². The number of hydrogen-bond acceptors (Lipinski definition) is 5. The second kappa shape index (κ2) is 8.48. The van der Waals surface area contributed by atoms with Crippen molar-refractivity contribution in [3.8, 4) is 11.4 Å². The van der Waals surface area contributed by atoms with Crippen LogP contribution in [0.4, 0.5) is 4.79 Å². The number of rotatable bonds is 7. The number of aromatic nitrogens is 4.